The minimum atomic E-state index is 0.199. The van der Waals surface area contributed by atoms with E-state index < -0.39 is 0 Å². The average molecular weight is 248 g/mol. The Balaban J connectivity index is 1.84. The standard InChI is InChI=1S/C14H20N2O2/c1-2-18-7-3-4-14(17)16-9-11-5-6-13(15)8-12(11)10-16/h5-6,8H,2-4,7,9-10,15H2,1H3. The van der Waals surface area contributed by atoms with E-state index in [1.807, 2.05) is 30.0 Å². The molecular weight excluding hydrogens is 228 g/mol. The van der Waals surface area contributed by atoms with Gasteiger partial charge in [-0.15, -0.1) is 0 Å². The van der Waals surface area contributed by atoms with Gasteiger partial charge in [-0.3, -0.25) is 4.79 Å². The van der Waals surface area contributed by atoms with Crippen LogP contribution in [0.1, 0.15) is 30.9 Å². The fraction of sp³-hybridized carbons (Fsp3) is 0.500. The van der Waals surface area contributed by atoms with Crippen molar-refractivity contribution in [3.8, 4) is 0 Å². The Hall–Kier alpha value is -1.55. The van der Waals surface area contributed by atoms with Gasteiger partial charge in [0.25, 0.3) is 0 Å². The molecule has 0 spiro atoms. The molecule has 0 unspecified atom stereocenters. The van der Waals surface area contributed by atoms with Crippen molar-refractivity contribution in [3.63, 3.8) is 0 Å². The van der Waals surface area contributed by atoms with Crippen molar-refractivity contribution in [2.45, 2.75) is 32.9 Å². The molecule has 18 heavy (non-hydrogen) atoms. The lowest BCUT2D eigenvalue weighted by atomic mass is 10.1. The average Bonchev–Trinajstić information content (AvgIpc) is 2.77. The van der Waals surface area contributed by atoms with E-state index in [9.17, 15) is 4.79 Å². The van der Waals surface area contributed by atoms with Crippen LogP contribution in [0, 0.1) is 0 Å². The summed E-state index contributed by atoms with van der Waals surface area (Å²) >= 11 is 0. The first-order valence-electron chi connectivity index (χ1n) is 6.43. The van der Waals surface area contributed by atoms with Gasteiger partial charge in [-0.25, -0.2) is 0 Å². The van der Waals surface area contributed by atoms with Gasteiger partial charge in [-0.2, -0.15) is 0 Å². The molecule has 1 amide bonds. The number of amides is 1. The zero-order valence-electron chi connectivity index (χ0n) is 10.8. The molecule has 2 rings (SSSR count). The molecule has 0 atom stereocenters. The van der Waals surface area contributed by atoms with E-state index in [1.165, 1.54) is 11.1 Å². The molecule has 1 aliphatic heterocycles. The second-order valence-electron chi connectivity index (χ2n) is 4.58. The molecule has 1 aromatic carbocycles. The first-order valence-corrected chi connectivity index (χ1v) is 6.43. The van der Waals surface area contributed by atoms with Gasteiger partial charge in [0.05, 0.1) is 0 Å². The number of nitrogen functional groups attached to an aromatic ring is 1. The van der Waals surface area contributed by atoms with Crippen LogP contribution in [0.5, 0.6) is 0 Å². The van der Waals surface area contributed by atoms with E-state index in [2.05, 4.69) is 0 Å². The van der Waals surface area contributed by atoms with E-state index in [0.717, 1.165) is 12.1 Å². The van der Waals surface area contributed by atoms with Crippen molar-refractivity contribution < 1.29 is 9.53 Å². The summed E-state index contributed by atoms with van der Waals surface area (Å²) in [4.78, 5) is 13.9. The predicted molar refractivity (Wildman–Crippen MR) is 70.8 cm³/mol. The van der Waals surface area contributed by atoms with Crippen molar-refractivity contribution >= 4 is 11.6 Å². The maximum atomic E-state index is 12.0. The van der Waals surface area contributed by atoms with Gasteiger partial charge < -0.3 is 15.4 Å². The summed E-state index contributed by atoms with van der Waals surface area (Å²) in [5, 5.41) is 0. The summed E-state index contributed by atoms with van der Waals surface area (Å²) in [6.45, 7) is 4.73. The maximum absolute atomic E-state index is 12.0. The van der Waals surface area contributed by atoms with E-state index in [1.54, 1.807) is 0 Å². The highest BCUT2D eigenvalue weighted by Crippen LogP contribution is 2.25. The number of hydrogen-bond acceptors (Lipinski definition) is 3. The number of benzene rings is 1. The Labute approximate surface area is 108 Å². The summed E-state index contributed by atoms with van der Waals surface area (Å²) in [7, 11) is 0. The number of nitrogens with zero attached hydrogens (tertiary/aromatic N) is 1. The van der Waals surface area contributed by atoms with Crippen LogP contribution in [0.4, 0.5) is 5.69 Å². The third-order valence-corrected chi connectivity index (χ3v) is 3.19. The molecule has 4 nitrogen and oxygen atoms in total. The Morgan fingerprint density at radius 1 is 1.39 bits per heavy atom. The highest BCUT2D eigenvalue weighted by molar-refractivity contribution is 5.77. The molecule has 0 aliphatic carbocycles. The van der Waals surface area contributed by atoms with Crippen LogP contribution >= 0.6 is 0 Å². The fourth-order valence-corrected chi connectivity index (χ4v) is 2.22. The maximum Gasteiger partial charge on any atom is 0.223 e. The molecule has 0 bridgehead atoms. The highest BCUT2D eigenvalue weighted by Gasteiger charge is 2.22. The van der Waals surface area contributed by atoms with Crippen LogP contribution in [-0.4, -0.2) is 24.0 Å². The summed E-state index contributed by atoms with van der Waals surface area (Å²) in [5.41, 5.74) is 8.89. The summed E-state index contributed by atoms with van der Waals surface area (Å²) in [6.07, 6.45) is 1.35. The third-order valence-electron chi connectivity index (χ3n) is 3.19. The monoisotopic (exact) mass is 248 g/mol. The molecule has 4 heteroatoms. The van der Waals surface area contributed by atoms with Crippen molar-refractivity contribution in [2.75, 3.05) is 18.9 Å². The van der Waals surface area contributed by atoms with Gasteiger partial charge >= 0.3 is 0 Å². The topological polar surface area (TPSA) is 55.6 Å². The molecule has 98 valence electrons. The second-order valence-corrected chi connectivity index (χ2v) is 4.58. The molecule has 1 aromatic rings. The molecule has 0 radical (unpaired) electrons. The van der Waals surface area contributed by atoms with Crippen LogP contribution in [0.2, 0.25) is 0 Å². The molecule has 0 aromatic heterocycles. The molecule has 0 fully saturated rings. The lowest BCUT2D eigenvalue weighted by Crippen LogP contribution is -2.25. The normalized spacial score (nSPS) is 13.7. The number of ether oxygens (including phenoxy) is 1. The van der Waals surface area contributed by atoms with Crippen molar-refractivity contribution in [2.24, 2.45) is 0 Å². The van der Waals surface area contributed by atoms with Crippen LogP contribution < -0.4 is 5.73 Å². The van der Waals surface area contributed by atoms with E-state index >= 15 is 0 Å². The largest absolute Gasteiger partial charge is 0.399 e. The van der Waals surface area contributed by atoms with Gasteiger partial charge in [0.15, 0.2) is 0 Å². The van der Waals surface area contributed by atoms with E-state index in [-0.39, 0.29) is 5.91 Å². The van der Waals surface area contributed by atoms with Crippen LogP contribution in [0.15, 0.2) is 18.2 Å². The van der Waals surface area contributed by atoms with Gasteiger partial charge in [-0.05, 0) is 36.6 Å². The number of carbonyl (C=O) groups is 1. The molecule has 1 aliphatic rings. The van der Waals surface area contributed by atoms with Gasteiger partial charge in [0, 0.05) is 38.4 Å². The molecule has 0 saturated carbocycles. The summed E-state index contributed by atoms with van der Waals surface area (Å²) in [6, 6.07) is 5.86. The molecule has 1 heterocycles. The third kappa shape index (κ3) is 3.01. The van der Waals surface area contributed by atoms with Crippen molar-refractivity contribution in [3.05, 3.63) is 29.3 Å². The Morgan fingerprint density at radius 2 is 2.17 bits per heavy atom. The minimum Gasteiger partial charge on any atom is -0.399 e. The van der Waals surface area contributed by atoms with Gasteiger partial charge in [0.1, 0.15) is 0 Å². The zero-order chi connectivity index (χ0) is 13.0. The van der Waals surface area contributed by atoms with E-state index in [0.29, 0.717) is 32.7 Å². The Kier molecular flexibility index (Phi) is 4.20. The Bertz CT molecular complexity index is 432. The van der Waals surface area contributed by atoms with Crippen LogP contribution in [0.3, 0.4) is 0 Å². The first-order chi connectivity index (χ1) is 8.70. The number of hydrogen-bond donors (Lipinski definition) is 1. The number of anilines is 1. The Morgan fingerprint density at radius 3 is 2.94 bits per heavy atom. The zero-order valence-corrected chi connectivity index (χ0v) is 10.8. The molecular formula is C14H20N2O2. The fourth-order valence-electron chi connectivity index (χ4n) is 2.22. The molecule has 2 N–H and O–H groups in total. The van der Waals surface area contributed by atoms with Crippen molar-refractivity contribution in [1.29, 1.82) is 0 Å². The summed E-state index contributed by atoms with van der Waals surface area (Å²) in [5.74, 6) is 0.199. The minimum absolute atomic E-state index is 0.199. The predicted octanol–water partition coefficient (Wildman–Crippen LogP) is 1.93. The number of fused-ring (bicyclic) bond motifs is 1. The van der Waals surface area contributed by atoms with Crippen LogP contribution in [-0.2, 0) is 22.6 Å². The number of rotatable bonds is 5. The van der Waals surface area contributed by atoms with Crippen molar-refractivity contribution in [1.82, 2.24) is 4.90 Å². The molecule has 0 saturated heterocycles. The van der Waals surface area contributed by atoms with E-state index in [4.69, 9.17) is 10.5 Å². The van der Waals surface area contributed by atoms with Gasteiger partial charge in [0.2, 0.25) is 5.91 Å². The SMILES string of the molecule is CCOCCCC(=O)N1Cc2ccc(N)cc2C1. The second kappa shape index (κ2) is 5.87. The smallest absolute Gasteiger partial charge is 0.223 e. The van der Waals surface area contributed by atoms with Crippen LogP contribution in [0.25, 0.3) is 0 Å². The summed E-state index contributed by atoms with van der Waals surface area (Å²) < 4.78 is 5.24. The quantitative estimate of drug-likeness (QED) is 0.640. The first kappa shape index (κ1) is 12.9. The number of nitrogens with two attached hydrogens (primary N) is 1. The number of carbonyl (C=O) groups excluding carboxylic acids is 1. The lowest BCUT2D eigenvalue weighted by Gasteiger charge is -2.15. The lowest BCUT2D eigenvalue weighted by molar-refractivity contribution is -0.132. The highest BCUT2D eigenvalue weighted by atomic mass is 16.5. The van der Waals surface area contributed by atoms with Gasteiger partial charge in [-0.1, -0.05) is 6.07 Å².